The lowest BCUT2D eigenvalue weighted by molar-refractivity contribution is 0.214. The van der Waals surface area contributed by atoms with E-state index in [9.17, 15) is 8.96 Å². The van der Waals surface area contributed by atoms with Crippen molar-refractivity contribution in [3.63, 3.8) is 0 Å². The molecule has 0 spiro atoms. The monoisotopic (exact) mass is 377 g/mol. The van der Waals surface area contributed by atoms with Crippen LogP contribution in [0.2, 0.25) is 0 Å². The highest BCUT2D eigenvalue weighted by Gasteiger charge is 2.37. The van der Waals surface area contributed by atoms with Gasteiger partial charge in [-0.1, -0.05) is 18.2 Å². The van der Waals surface area contributed by atoms with Crippen LogP contribution in [-0.4, -0.2) is 13.2 Å². The highest BCUT2D eigenvalue weighted by atomic mass is 31.2. The first-order valence-electron chi connectivity index (χ1n) is 9.08. The minimum absolute atomic E-state index is 0.245. The molecule has 3 rings (SSSR count). The number of halogens is 1. The van der Waals surface area contributed by atoms with Crippen LogP contribution in [0.1, 0.15) is 42.7 Å². The van der Waals surface area contributed by atoms with Crippen molar-refractivity contribution in [2.75, 3.05) is 18.5 Å². The van der Waals surface area contributed by atoms with Gasteiger partial charge in [0.2, 0.25) is 0 Å². The average molecular weight is 377 g/mol. The third-order valence-electron chi connectivity index (χ3n) is 4.50. The van der Waals surface area contributed by atoms with E-state index in [2.05, 4.69) is 17.4 Å². The van der Waals surface area contributed by atoms with Crippen LogP contribution in [0.3, 0.4) is 0 Å². The predicted molar refractivity (Wildman–Crippen MR) is 102 cm³/mol. The van der Waals surface area contributed by atoms with Crippen LogP contribution in [0, 0.1) is 5.82 Å². The van der Waals surface area contributed by atoms with Gasteiger partial charge in [0.05, 0.1) is 13.2 Å². The summed E-state index contributed by atoms with van der Waals surface area (Å²) < 4.78 is 38.3. The molecule has 1 atom stereocenters. The third kappa shape index (κ3) is 4.17. The van der Waals surface area contributed by atoms with Crippen LogP contribution in [0.5, 0.6) is 0 Å². The van der Waals surface area contributed by atoms with Gasteiger partial charge >= 0.3 is 7.60 Å². The van der Waals surface area contributed by atoms with Crippen molar-refractivity contribution in [1.82, 2.24) is 0 Å². The van der Waals surface area contributed by atoms with Crippen LogP contribution in [0.15, 0.2) is 42.5 Å². The molecule has 0 aromatic heterocycles. The van der Waals surface area contributed by atoms with Gasteiger partial charge in [0.1, 0.15) is 5.82 Å². The Hall–Kier alpha value is -1.68. The number of benzene rings is 2. The van der Waals surface area contributed by atoms with Gasteiger partial charge in [-0.15, -0.1) is 0 Å². The highest BCUT2D eigenvalue weighted by molar-refractivity contribution is 7.54. The molecule has 6 heteroatoms. The Balaban J connectivity index is 1.98. The summed E-state index contributed by atoms with van der Waals surface area (Å²) >= 11 is 0. The lowest BCUT2D eigenvalue weighted by atomic mass is 10.1. The number of aryl methyl sites for hydroxylation is 2. The fourth-order valence-electron chi connectivity index (χ4n) is 3.39. The quantitative estimate of drug-likeness (QED) is 0.600. The summed E-state index contributed by atoms with van der Waals surface area (Å²) in [6.45, 7) is 4.03. The molecule has 0 saturated heterocycles. The molecule has 140 valence electrons. The topological polar surface area (TPSA) is 47.6 Å². The van der Waals surface area contributed by atoms with E-state index in [4.69, 9.17) is 9.05 Å². The zero-order chi connectivity index (χ0) is 18.6. The summed E-state index contributed by atoms with van der Waals surface area (Å²) in [5.74, 6) is -1.17. The zero-order valence-corrected chi connectivity index (χ0v) is 16.1. The van der Waals surface area contributed by atoms with Crippen molar-refractivity contribution in [2.24, 2.45) is 0 Å². The van der Waals surface area contributed by atoms with E-state index in [0.29, 0.717) is 5.56 Å². The molecule has 2 aromatic carbocycles. The van der Waals surface area contributed by atoms with E-state index in [1.165, 1.54) is 23.3 Å². The molecule has 1 N–H and O–H groups in total. The molecule has 1 aliphatic carbocycles. The Morgan fingerprint density at radius 2 is 1.81 bits per heavy atom. The van der Waals surface area contributed by atoms with Gasteiger partial charge in [0, 0.05) is 5.69 Å². The molecular formula is C20H25FNO3P. The molecule has 0 bridgehead atoms. The minimum atomic E-state index is -3.53. The molecule has 1 unspecified atom stereocenters. The summed E-state index contributed by atoms with van der Waals surface area (Å²) in [7, 11) is -3.53. The van der Waals surface area contributed by atoms with Gasteiger partial charge in [-0.05, 0) is 74.1 Å². The number of hydrogen-bond donors (Lipinski definition) is 1. The second kappa shape index (κ2) is 8.34. The lowest BCUT2D eigenvalue weighted by Crippen LogP contribution is -2.15. The summed E-state index contributed by atoms with van der Waals surface area (Å²) in [6, 6.07) is 12.2. The normalized spacial score (nSPS) is 14.9. The molecular weight excluding hydrogens is 352 g/mol. The second-order valence-corrected chi connectivity index (χ2v) is 8.43. The highest BCUT2D eigenvalue weighted by Crippen LogP contribution is 2.60. The van der Waals surface area contributed by atoms with Gasteiger partial charge in [-0.2, -0.15) is 0 Å². The fourth-order valence-corrected chi connectivity index (χ4v) is 5.31. The third-order valence-corrected chi connectivity index (χ3v) is 6.80. The minimum Gasteiger partial charge on any atom is -0.368 e. The van der Waals surface area contributed by atoms with Gasteiger partial charge in [0.15, 0.2) is 5.78 Å². The number of rotatable bonds is 8. The number of fused-ring (bicyclic) bond motifs is 1. The molecule has 2 aromatic rings. The molecule has 0 radical (unpaired) electrons. The van der Waals surface area contributed by atoms with E-state index < -0.39 is 13.4 Å². The summed E-state index contributed by atoms with van der Waals surface area (Å²) in [5, 5.41) is 3.28. The molecule has 0 heterocycles. The second-order valence-electron chi connectivity index (χ2n) is 6.31. The van der Waals surface area contributed by atoms with Gasteiger partial charge < -0.3 is 14.4 Å². The Bertz CT molecular complexity index is 801. The van der Waals surface area contributed by atoms with Crippen LogP contribution in [0.25, 0.3) is 0 Å². The van der Waals surface area contributed by atoms with Gasteiger partial charge in [-0.3, -0.25) is 4.57 Å². The number of nitrogens with one attached hydrogen (secondary N) is 1. The van der Waals surface area contributed by atoms with Gasteiger partial charge in [-0.25, -0.2) is 4.39 Å². The zero-order valence-electron chi connectivity index (χ0n) is 15.2. The standard InChI is InChI=1S/C20H25FNO3P/c1-3-24-26(23,25-4-2)20(17-9-6-10-18(21)13-17)22-19-12-11-15-7-5-8-16(15)14-19/h6,9-14,20,22H,3-5,7-8H2,1-2H3. The summed E-state index contributed by atoms with van der Waals surface area (Å²) in [6.07, 6.45) is 3.30. The molecule has 1 aliphatic rings. The molecule has 4 nitrogen and oxygen atoms in total. The molecule has 0 amide bonds. The molecule has 0 saturated carbocycles. The van der Waals surface area contributed by atoms with Crippen LogP contribution < -0.4 is 5.32 Å². The van der Waals surface area contributed by atoms with Crippen molar-refractivity contribution in [3.8, 4) is 0 Å². The van der Waals surface area contributed by atoms with Crippen molar-refractivity contribution in [3.05, 3.63) is 65.0 Å². The van der Waals surface area contributed by atoms with E-state index >= 15 is 0 Å². The maximum absolute atomic E-state index is 13.8. The fraction of sp³-hybridized carbons (Fsp3) is 0.400. The Labute approximate surface area is 154 Å². The maximum atomic E-state index is 13.8. The van der Waals surface area contributed by atoms with E-state index in [-0.39, 0.29) is 19.0 Å². The first kappa shape index (κ1) is 19.1. The predicted octanol–water partition coefficient (Wildman–Crippen LogP) is 5.69. The first-order valence-corrected chi connectivity index (χ1v) is 10.7. The maximum Gasteiger partial charge on any atom is 0.357 e. The Kier molecular flexibility index (Phi) is 6.13. The average Bonchev–Trinajstić information content (AvgIpc) is 3.07. The molecule has 26 heavy (non-hydrogen) atoms. The van der Waals surface area contributed by atoms with Crippen LogP contribution in [-0.2, 0) is 26.5 Å². The van der Waals surface area contributed by atoms with Crippen molar-refractivity contribution in [1.29, 1.82) is 0 Å². The largest absolute Gasteiger partial charge is 0.368 e. The van der Waals surface area contributed by atoms with Crippen molar-refractivity contribution >= 4 is 13.3 Å². The Morgan fingerprint density at radius 1 is 1.08 bits per heavy atom. The van der Waals surface area contributed by atoms with Crippen molar-refractivity contribution < 1.29 is 18.0 Å². The summed E-state index contributed by atoms with van der Waals surface area (Å²) in [5.41, 5.74) is 4.03. The van der Waals surface area contributed by atoms with Crippen molar-refractivity contribution in [2.45, 2.75) is 38.9 Å². The lowest BCUT2D eigenvalue weighted by Gasteiger charge is -2.28. The van der Waals surface area contributed by atoms with Crippen LogP contribution >= 0.6 is 7.60 Å². The van der Waals surface area contributed by atoms with Gasteiger partial charge in [0.25, 0.3) is 0 Å². The van der Waals surface area contributed by atoms with E-state index in [1.54, 1.807) is 26.0 Å². The molecule has 0 fully saturated rings. The SMILES string of the molecule is CCOP(=O)(OCC)C(Nc1ccc2c(c1)CCC2)c1cccc(F)c1. The Morgan fingerprint density at radius 3 is 2.50 bits per heavy atom. The van der Waals surface area contributed by atoms with Crippen LogP contribution in [0.4, 0.5) is 10.1 Å². The molecule has 0 aliphatic heterocycles. The first-order chi connectivity index (χ1) is 12.6. The summed E-state index contributed by atoms with van der Waals surface area (Å²) in [4.78, 5) is 0. The number of anilines is 1. The smallest absolute Gasteiger partial charge is 0.357 e. The van der Waals surface area contributed by atoms with E-state index in [0.717, 1.165) is 24.9 Å². The number of hydrogen-bond acceptors (Lipinski definition) is 4. The van der Waals surface area contributed by atoms with E-state index in [1.807, 2.05) is 6.07 Å².